The molecule has 0 atom stereocenters. The maximum Gasteiger partial charge on any atom is 0.339 e. The van der Waals surface area contributed by atoms with E-state index in [0.717, 1.165) is 18.4 Å². The summed E-state index contributed by atoms with van der Waals surface area (Å²) in [7, 11) is 0. The van der Waals surface area contributed by atoms with Gasteiger partial charge in [-0.2, -0.15) is 0 Å². The van der Waals surface area contributed by atoms with Crippen LogP contribution in [0, 0.1) is 30.2 Å². The Balaban J connectivity index is 0.000000196. The number of halogens is 4. The molecule has 10 nitrogen and oxygen atoms in total. The molecular formula is C44H38F4N4O6. The lowest BCUT2D eigenvalue weighted by atomic mass is 10.0. The molecule has 14 heteroatoms. The lowest BCUT2D eigenvalue weighted by Crippen LogP contribution is -2.08. The Labute approximate surface area is 331 Å². The van der Waals surface area contributed by atoms with E-state index in [-0.39, 0.29) is 22.8 Å². The molecule has 0 amide bonds. The summed E-state index contributed by atoms with van der Waals surface area (Å²) in [5, 5.41) is 23.8. The van der Waals surface area contributed by atoms with Crippen LogP contribution in [0.4, 0.5) is 40.6 Å². The number of carboxylic acids is 2. The van der Waals surface area contributed by atoms with Crippen LogP contribution in [0.2, 0.25) is 0 Å². The SMILES string of the molecule is CCOc1cccc(-c2cc(F)c(Nc3ncc(C)cc3C(=O)O)c(F)c2)c1.CCOc1cccc(-c2cc(F)c(Nc3ncc(C4CC4)cc3C(=O)O)c(F)c2)c1. The topological polar surface area (TPSA) is 143 Å². The summed E-state index contributed by atoms with van der Waals surface area (Å²) in [6.07, 6.45) is 4.94. The Morgan fingerprint density at radius 3 is 1.48 bits per heavy atom. The number of anilines is 4. The van der Waals surface area contributed by atoms with Gasteiger partial charge in [-0.1, -0.05) is 24.3 Å². The number of pyridine rings is 2. The van der Waals surface area contributed by atoms with Crippen LogP contribution in [-0.2, 0) is 0 Å². The Kier molecular flexibility index (Phi) is 12.5. The molecular weight excluding hydrogens is 756 g/mol. The van der Waals surface area contributed by atoms with E-state index < -0.39 is 46.6 Å². The molecule has 2 heterocycles. The maximum absolute atomic E-state index is 14.8. The fraction of sp³-hybridized carbons (Fsp3) is 0.182. The normalized spacial score (nSPS) is 11.9. The highest BCUT2D eigenvalue weighted by atomic mass is 19.1. The number of benzene rings is 4. The monoisotopic (exact) mass is 794 g/mol. The van der Waals surface area contributed by atoms with Gasteiger partial charge in [-0.3, -0.25) is 0 Å². The summed E-state index contributed by atoms with van der Waals surface area (Å²) in [5.41, 5.74) is 2.09. The predicted octanol–water partition coefficient (Wildman–Crippen LogP) is 10.9. The highest BCUT2D eigenvalue weighted by Gasteiger charge is 2.26. The molecule has 4 aromatic carbocycles. The van der Waals surface area contributed by atoms with E-state index in [1.165, 1.54) is 42.6 Å². The van der Waals surface area contributed by atoms with E-state index >= 15 is 0 Å². The van der Waals surface area contributed by atoms with Crippen molar-refractivity contribution in [3.63, 3.8) is 0 Å². The van der Waals surface area contributed by atoms with Crippen LogP contribution in [-0.4, -0.2) is 45.3 Å². The zero-order valence-electron chi connectivity index (χ0n) is 31.6. The number of carbonyl (C=O) groups is 2. The van der Waals surface area contributed by atoms with Gasteiger partial charge in [0.05, 0.1) is 13.2 Å². The fourth-order valence-electron chi connectivity index (χ4n) is 6.03. The molecule has 7 rings (SSSR count). The van der Waals surface area contributed by atoms with Gasteiger partial charge in [-0.25, -0.2) is 37.1 Å². The minimum absolute atomic E-state index is 0.101. The first-order chi connectivity index (χ1) is 27.8. The van der Waals surface area contributed by atoms with Crippen LogP contribution in [0.25, 0.3) is 22.3 Å². The van der Waals surface area contributed by atoms with Crippen LogP contribution < -0.4 is 20.1 Å². The van der Waals surface area contributed by atoms with Crippen molar-refractivity contribution in [3.8, 4) is 33.8 Å². The first-order valence-electron chi connectivity index (χ1n) is 18.3. The van der Waals surface area contributed by atoms with Crippen molar-refractivity contribution in [1.82, 2.24) is 9.97 Å². The third-order valence-electron chi connectivity index (χ3n) is 8.97. The second-order valence-electron chi connectivity index (χ2n) is 13.3. The first kappa shape index (κ1) is 40.7. The largest absolute Gasteiger partial charge is 0.494 e. The number of aryl methyl sites for hydroxylation is 1. The lowest BCUT2D eigenvalue weighted by molar-refractivity contribution is 0.0686. The van der Waals surface area contributed by atoms with Crippen molar-refractivity contribution < 1.29 is 46.8 Å². The Bertz CT molecular complexity index is 2450. The molecule has 4 N–H and O–H groups in total. The van der Waals surface area contributed by atoms with E-state index in [0.29, 0.717) is 58.4 Å². The average Bonchev–Trinajstić information content (AvgIpc) is 4.05. The van der Waals surface area contributed by atoms with Crippen LogP contribution in [0.5, 0.6) is 11.5 Å². The van der Waals surface area contributed by atoms with E-state index in [4.69, 9.17) is 9.47 Å². The van der Waals surface area contributed by atoms with Crippen molar-refractivity contribution in [2.45, 2.75) is 39.5 Å². The van der Waals surface area contributed by atoms with Crippen molar-refractivity contribution in [2.75, 3.05) is 23.8 Å². The molecule has 6 aromatic rings. The molecule has 0 unspecified atom stereocenters. The summed E-state index contributed by atoms with van der Waals surface area (Å²) >= 11 is 0. The lowest BCUT2D eigenvalue weighted by Gasteiger charge is -2.13. The molecule has 298 valence electrons. The van der Waals surface area contributed by atoms with Gasteiger partial charge < -0.3 is 30.3 Å². The molecule has 0 aliphatic heterocycles. The summed E-state index contributed by atoms with van der Waals surface area (Å²) in [6, 6.07) is 21.4. The second-order valence-corrected chi connectivity index (χ2v) is 13.3. The smallest absolute Gasteiger partial charge is 0.339 e. The van der Waals surface area contributed by atoms with E-state index in [1.807, 2.05) is 13.8 Å². The molecule has 0 spiro atoms. The van der Waals surface area contributed by atoms with Crippen molar-refractivity contribution in [1.29, 1.82) is 0 Å². The Morgan fingerprint density at radius 1 is 0.638 bits per heavy atom. The third-order valence-corrected chi connectivity index (χ3v) is 8.97. The molecule has 0 radical (unpaired) electrons. The quantitative estimate of drug-likeness (QED) is 0.0834. The summed E-state index contributed by atoms with van der Waals surface area (Å²) in [6.45, 7) is 6.33. The Morgan fingerprint density at radius 2 is 1.07 bits per heavy atom. The molecule has 2 aromatic heterocycles. The number of ether oxygens (including phenoxy) is 2. The molecule has 0 bridgehead atoms. The van der Waals surface area contributed by atoms with Gasteiger partial charge in [0.15, 0.2) is 0 Å². The molecule has 1 aliphatic rings. The van der Waals surface area contributed by atoms with Crippen LogP contribution >= 0.6 is 0 Å². The highest BCUT2D eigenvalue weighted by molar-refractivity contribution is 5.95. The summed E-state index contributed by atoms with van der Waals surface area (Å²) < 4.78 is 69.7. The van der Waals surface area contributed by atoms with E-state index in [2.05, 4.69) is 20.6 Å². The van der Waals surface area contributed by atoms with E-state index in [9.17, 15) is 37.4 Å². The fourth-order valence-corrected chi connectivity index (χ4v) is 6.03. The minimum atomic E-state index is -1.25. The molecule has 0 saturated heterocycles. The maximum atomic E-state index is 14.8. The number of hydrogen-bond donors (Lipinski definition) is 4. The summed E-state index contributed by atoms with van der Waals surface area (Å²) in [4.78, 5) is 31.1. The highest BCUT2D eigenvalue weighted by Crippen LogP contribution is 2.41. The predicted molar refractivity (Wildman–Crippen MR) is 212 cm³/mol. The van der Waals surface area contributed by atoms with Gasteiger partial charge in [0.25, 0.3) is 0 Å². The molecule has 1 fully saturated rings. The number of aromatic nitrogens is 2. The molecule has 58 heavy (non-hydrogen) atoms. The number of nitrogens with zero attached hydrogens (tertiary/aromatic N) is 2. The molecule has 1 saturated carbocycles. The standard InChI is InChI=1S/C23H20F2N2O3.C21H18F2N2O3/c1-2-30-17-5-3-4-14(8-17)15-10-19(24)21(20(25)11-15)27-22-18(23(28)29)9-16(12-26-22)13-6-7-13;1-3-28-15-6-4-5-13(8-15)14-9-17(22)19(18(23)10-14)25-20-16(21(26)27)7-12(2)11-24-20/h3-5,8-13H,2,6-7H2,1H3,(H,26,27)(H,28,29);4-11H,3H2,1-2H3,(H,24,25)(H,26,27). The van der Waals surface area contributed by atoms with E-state index in [1.54, 1.807) is 61.7 Å². The van der Waals surface area contributed by atoms with Crippen molar-refractivity contribution in [2.24, 2.45) is 0 Å². The third kappa shape index (κ3) is 9.70. The number of nitrogens with one attached hydrogen (secondary N) is 2. The van der Waals surface area contributed by atoms with Crippen molar-refractivity contribution >= 4 is 34.9 Å². The van der Waals surface area contributed by atoms with Gasteiger partial charge in [0.2, 0.25) is 0 Å². The average molecular weight is 795 g/mol. The van der Waals surface area contributed by atoms with Crippen LogP contribution in [0.3, 0.4) is 0 Å². The second kappa shape index (κ2) is 17.9. The number of aromatic carboxylic acids is 2. The minimum Gasteiger partial charge on any atom is -0.494 e. The van der Waals surface area contributed by atoms with Crippen LogP contribution in [0.15, 0.2) is 97.3 Å². The van der Waals surface area contributed by atoms with Gasteiger partial charge in [0, 0.05) is 12.4 Å². The Hall–Kier alpha value is -6.96. The number of hydrogen-bond acceptors (Lipinski definition) is 8. The zero-order valence-corrected chi connectivity index (χ0v) is 31.6. The zero-order chi connectivity index (χ0) is 41.5. The van der Waals surface area contributed by atoms with Gasteiger partial charge in [-0.15, -0.1) is 0 Å². The van der Waals surface area contributed by atoms with Gasteiger partial charge in [-0.05, 0) is 134 Å². The van der Waals surface area contributed by atoms with Crippen LogP contribution in [0.1, 0.15) is 64.4 Å². The van der Waals surface area contributed by atoms with Gasteiger partial charge in [0.1, 0.15) is 68.9 Å². The first-order valence-corrected chi connectivity index (χ1v) is 18.3. The van der Waals surface area contributed by atoms with Gasteiger partial charge >= 0.3 is 11.9 Å². The number of rotatable bonds is 13. The number of carboxylic acid groups (broad SMARTS) is 2. The van der Waals surface area contributed by atoms with Crippen molar-refractivity contribution in [3.05, 3.63) is 143 Å². The summed E-state index contributed by atoms with van der Waals surface area (Å²) in [5.74, 6) is -4.62. The molecule has 1 aliphatic carbocycles.